The molecule has 0 saturated carbocycles. The normalized spacial score (nSPS) is 11.1. The third-order valence-electron chi connectivity index (χ3n) is 6.30. The molecule has 36 heavy (non-hydrogen) atoms. The molecule has 6 heteroatoms. The van der Waals surface area contributed by atoms with E-state index in [1.54, 1.807) is 19.3 Å². The summed E-state index contributed by atoms with van der Waals surface area (Å²) in [6, 6.07) is 23.5. The largest absolute Gasteiger partial charge is 0.467 e. The summed E-state index contributed by atoms with van der Waals surface area (Å²) < 4.78 is 7.38. The second kappa shape index (κ2) is 10.0. The van der Waals surface area contributed by atoms with E-state index in [-0.39, 0.29) is 11.7 Å². The van der Waals surface area contributed by atoms with Crippen LogP contribution in [0, 0.1) is 6.92 Å². The number of aryl methyl sites for hydroxylation is 2. The van der Waals surface area contributed by atoms with E-state index >= 15 is 0 Å². The van der Waals surface area contributed by atoms with Gasteiger partial charge in [0, 0.05) is 23.7 Å². The molecule has 0 fully saturated rings. The Morgan fingerprint density at radius 3 is 2.33 bits per heavy atom. The summed E-state index contributed by atoms with van der Waals surface area (Å²) >= 11 is 0. The summed E-state index contributed by atoms with van der Waals surface area (Å²) in [4.78, 5) is 29.2. The van der Waals surface area contributed by atoms with Gasteiger partial charge in [-0.2, -0.15) is 0 Å². The zero-order chi connectivity index (χ0) is 25.1. The Balaban J connectivity index is 1.48. The van der Waals surface area contributed by atoms with Crippen LogP contribution in [0.25, 0.3) is 28.0 Å². The van der Waals surface area contributed by atoms with Gasteiger partial charge in [0.1, 0.15) is 11.4 Å². The topological polar surface area (TPSA) is 76.6 Å². The number of hydrogen-bond acceptors (Lipinski definition) is 4. The molecule has 0 spiro atoms. The summed E-state index contributed by atoms with van der Waals surface area (Å²) in [5.74, 6) is 0.716. The monoisotopic (exact) mass is 477 g/mol. The summed E-state index contributed by atoms with van der Waals surface area (Å²) in [6.07, 6.45) is 4.50. The number of hydrogen-bond donors (Lipinski definition) is 1. The van der Waals surface area contributed by atoms with Crippen molar-refractivity contribution in [1.29, 1.82) is 0 Å². The molecule has 0 atom stereocenters. The Kier molecular flexibility index (Phi) is 6.50. The van der Waals surface area contributed by atoms with E-state index in [1.807, 2.05) is 42.5 Å². The third-order valence-corrected chi connectivity index (χ3v) is 6.30. The highest BCUT2D eigenvalue weighted by Gasteiger charge is 2.16. The number of carbonyl (C=O) groups excluding carboxylic acids is 2. The molecule has 1 amide bonds. The molecule has 0 radical (unpaired) electrons. The van der Waals surface area contributed by atoms with Crippen molar-refractivity contribution in [3.05, 3.63) is 108 Å². The number of fused-ring (bicyclic) bond motifs is 1. The molecule has 1 N–H and O–H groups in total. The molecular formula is C30H27N3O3. The van der Waals surface area contributed by atoms with E-state index in [4.69, 9.17) is 9.40 Å². The summed E-state index contributed by atoms with van der Waals surface area (Å²) in [5, 5.41) is 2.92. The smallest absolute Gasteiger partial charge is 0.220 e. The van der Waals surface area contributed by atoms with E-state index in [1.165, 1.54) is 5.56 Å². The Morgan fingerprint density at radius 2 is 1.64 bits per heavy atom. The zero-order valence-corrected chi connectivity index (χ0v) is 20.3. The number of benzene rings is 2. The fourth-order valence-electron chi connectivity index (χ4n) is 4.26. The number of amides is 1. The first-order valence-electron chi connectivity index (χ1n) is 12.0. The standard InChI is InChI=1S/C30H27N3O3/c1-20-5-7-24(8-6-20)30-27(14-16-29(35)31-18-26-4-3-17-36-26)33-19-25(13-15-28(33)32-30)23-11-9-22(10-12-23)21(2)34/h3-13,15,17,19H,14,16,18H2,1-2H3,(H,31,35). The second-order valence-corrected chi connectivity index (χ2v) is 8.91. The highest BCUT2D eigenvalue weighted by Crippen LogP contribution is 2.29. The molecule has 2 aromatic carbocycles. The van der Waals surface area contributed by atoms with E-state index in [0.717, 1.165) is 39.5 Å². The lowest BCUT2D eigenvalue weighted by molar-refractivity contribution is -0.121. The van der Waals surface area contributed by atoms with Crippen molar-refractivity contribution in [2.45, 2.75) is 33.2 Å². The van der Waals surface area contributed by atoms with Crippen LogP contribution >= 0.6 is 0 Å². The molecule has 0 aliphatic rings. The first-order chi connectivity index (χ1) is 17.5. The minimum Gasteiger partial charge on any atom is -0.467 e. The predicted octanol–water partition coefficient (Wildman–Crippen LogP) is 6.02. The van der Waals surface area contributed by atoms with Crippen LogP contribution in [0.4, 0.5) is 0 Å². The van der Waals surface area contributed by atoms with E-state index < -0.39 is 0 Å². The number of nitrogens with zero attached hydrogens (tertiary/aromatic N) is 2. The van der Waals surface area contributed by atoms with Crippen LogP contribution in [0.1, 0.15) is 40.7 Å². The molecule has 5 aromatic rings. The Bertz CT molecular complexity index is 1510. The Morgan fingerprint density at radius 1 is 0.917 bits per heavy atom. The molecule has 3 aromatic heterocycles. The van der Waals surface area contributed by atoms with Crippen molar-refractivity contribution >= 4 is 17.3 Å². The average molecular weight is 478 g/mol. The van der Waals surface area contributed by atoms with Gasteiger partial charge in [-0.3, -0.25) is 9.59 Å². The molecular weight excluding hydrogens is 450 g/mol. The highest BCUT2D eigenvalue weighted by atomic mass is 16.3. The molecule has 6 nitrogen and oxygen atoms in total. The number of Topliss-reactive ketones (excluding diaryl/α,β-unsaturated/α-hetero) is 1. The van der Waals surface area contributed by atoms with Gasteiger partial charge in [-0.15, -0.1) is 0 Å². The number of nitrogens with one attached hydrogen (secondary N) is 1. The maximum atomic E-state index is 12.6. The van der Waals surface area contributed by atoms with Crippen LogP contribution in [0.2, 0.25) is 0 Å². The number of aromatic nitrogens is 2. The van der Waals surface area contributed by atoms with Crippen LogP contribution in [0.15, 0.2) is 89.7 Å². The van der Waals surface area contributed by atoms with Crippen LogP contribution < -0.4 is 5.32 Å². The van der Waals surface area contributed by atoms with E-state index in [0.29, 0.717) is 24.9 Å². The molecule has 0 saturated heterocycles. The van der Waals surface area contributed by atoms with Gasteiger partial charge in [-0.1, -0.05) is 54.1 Å². The highest BCUT2D eigenvalue weighted by molar-refractivity contribution is 5.94. The molecule has 0 aliphatic carbocycles. The van der Waals surface area contributed by atoms with Crippen LogP contribution in [-0.4, -0.2) is 21.1 Å². The lowest BCUT2D eigenvalue weighted by Gasteiger charge is -2.09. The summed E-state index contributed by atoms with van der Waals surface area (Å²) in [7, 11) is 0. The van der Waals surface area contributed by atoms with Gasteiger partial charge in [0.2, 0.25) is 5.91 Å². The van der Waals surface area contributed by atoms with Gasteiger partial charge in [0.25, 0.3) is 0 Å². The van der Waals surface area contributed by atoms with E-state index in [9.17, 15) is 9.59 Å². The number of imidazole rings is 1. The van der Waals surface area contributed by atoms with Gasteiger partial charge in [0.15, 0.2) is 5.78 Å². The van der Waals surface area contributed by atoms with Crippen molar-refractivity contribution in [3.63, 3.8) is 0 Å². The van der Waals surface area contributed by atoms with Gasteiger partial charge in [-0.25, -0.2) is 4.98 Å². The quantitative estimate of drug-likeness (QED) is 0.277. The number of pyridine rings is 1. The van der Waals surface area contributed by atoms with E-state index in [2.05, 4.69) is 47.1 Å². The molecule has 5 rings (SSSR count). The lowest BCUT2D eigenvalue weighted by Crippen LogP contribution is -2.23. The Labute approximate surface area is 209 Å². The fraction of sp³-hybridized carbons (Fsp3) is 0.167. The van der Waals surface area contributed by atoms with Gasteiger partial charge in [0.05, 0.1) is 24.2 Å². The van der Waals surface area contributed by atoms with Crippen molar-refractivity contribution in [2.75, 3.05) is 0 Å². The first-order valence-corrected chi connectivity index (χ1v) is 12.0. The minimum atomic E-state index is -0.0489. The summed E-state index contributed by atoms with van der Waals surface area (Å²) in [5.41, 5.74) is 7.57. The molecule has 180 valence electrons. The average Bonchev–Trinajstić information content (AvgIpc) is 3.54. The predicted molar refractivity (Wildman–Crippen MR) is 140 cm³/mol. The van der Waals surface area contributed by atoms with Crippen LogP contribution in [-0.2, 0) is 17.8 Å². The van der Waals surface area contributed by atoms with Crippen molar-refractivity contribution < 1.29 is 14.0 Å². The molecule has 0 bridgehead atoms. The third kappa shape index (κ3) is 4.98. The fourth-order valence-corrected chi connectivity index (χ4v) is 4.26. The van der Waals surface area contributed by atoms with Crippen molar-refractivity contribution in [2.24, 2.45) is 0 Å². The number of rotatable bonds is 8. The number of furan rings is 1. The molecule has 3 heterocycles. The molecule has 0 aliphatic heterocycles. The zero-order valence-electron chi connectivity index (χ0n) is 20.3. The Hall–Kier alpha value is -4.45. The maximum absolute atomic E-state index is 12.6. The van der Waals surface area contributed by atoms with Gasteiger partial charge < -0.3 is 14.1 Å². The van der Waals surface area contributed by atoms with Crippen molar-refractivity contribution in [3.8, 4) is 22.4 Å². The van der Waals surface area contributed by atoms with Gasteiger partial charge >= 0.3 is 0 Å². The summed E-state index contributed by atoms with van der Waals surface area (Å²) in [6.45, 7) is 3.99. The minimum absolute atomic E-state index is 0.0435. The van der Waals surface area contributed by atoms with Crippen LogP contribution in [0.5, 0.6) is 0 Å². The lowest BCUT2D eigenvalue weighted by atomic mass is 10.0. The second-order valence-electron chi connectivity index (χ2n) is 8.91. The maximum Gasteiger partial charge on any atom is 0.220 e. The number of ketones is 1. The van der Waals surface area contributed by atoms with Crippen molar-refractivity contribution in [1.82, 2.24) is 14.7 Å². The van der Waals surface area contributed by atoms with Crippen LogP contribution in [0.3, 0.4) is 0 Å². The SMILES string of the molecule is CC(=O)c1ccc(-c2ccc3nc(-c4ccc(C)cc4)c(CCC(=O)NCc4ccco4)n3c2)cc1. The first kappa shape index (κ1) is 23.3. The van der Waals surface area contributed by atoms with Gasteiger partial charge in [-0.05, 0) is 55.7 Å². The number of carbonyl (C=O) groups is 2. The molecule has 0 unspecified atom stereocenters.